The molecule has 7 nitrogen and oxygen atoms in total. The van der Waals surface area contributed by atoms with Crippen molar-refractivity contribution in [3.05, 3.63) is 5.21 Å². The first-order valence-electron chi connectivity index (χ1n) is 7.18. The summed E-state index contributed by atoms with van der Waals surface area (Å²) in [6.45, 7) is 7.15. The van der Waals surface area contributed by atoms with E-state index < -0.39 is 5.79 Å². The quantitative estimate of drug-likeness (QED) is 0.452. The molecule has 0 bridgehead atoms. The van der Waals surface area contributed by atoms with Crippen LogP contribution in [0.1, 0.15) is 46.5 Å². The largest absolute Gasteiger partial charge is 0.569 e. The predicted molar refractivity (Wildman–Crippen MR) is 71.5 cm³/mol. The van der Waals surface area contributed by atoms with Crippen LogP contribution in [-0.4, -0.2) is 47.7 Å². The van der Waals surface area contributed by atoms with Crippen molar-refractivity contribution in [1.82, 2.24) is 5.01 Å². The second-order valence-corrected chi connectivity index (χ2v) is 6.44. The van der Waals surface area contributed by atoms with Crippen LogP contribution < -0.4 is 0 Å². The molecule has 0 N–H and O–H groups in total. The van der Waals surface area contributed by atoms with Crippen LogP contribution in [0.15, 0.2) is 5.28 Å². The van der Waals surface area contributed by atoms with E-state index in [9.17, 15) is 5.21 Å². The van der Waals surface area contributed by atoms with E-state index in [4.69, 9.17) is 14.3 Å². The summed E-state index contributed by atoms with van der Waals surface area (Å²) < 4.78 is 11.3. The summed E-state index contributed by atoms with van der Waals surface area (Å²) in [7, 11) is 1.69. The topological polar surface area (TPSA) is 69.4 Å². The van der Waals surface area contributed by atoms with E-state index >= 15 is 0 Å². The van der Waals surface area contributed by atoms with Gasteiger partial charge in [0.15, 0.2) is 5.79 Å². The molecule has 2 rings (SSSR count). The molecule has 0 aromatic carbocycles. The third kappa shape index (κ3) is 3.52. The Hall–Kier alpha value is -1.08. The monoisotopic (exact) mass is 287 g/mol. The van der Waals surface area contributed by atoms with E-state index in [1.807, 2.05) is 20.8 Å². The maximum Gasteiger partial charge on any atom is 0.233 e. The normalized spacial score (nSPS) is 24.1. The van der Waals surface area contributed by atoms with Crippen LogP contribution in [0.25, 0.3) is 0 Å². The van der Waals surface area contributed by atoms with Crippen molar-refractivity contribution in [3.63, 3.8) is 0 Å². The Morgan fingerprint density at radius 3 is 2.30 bits per heavy atom. The predicted octanol–water partition coefficient (Wildman–Crippen LogP) is 2.21. The molecule has 1 heterocycles. The average Bonchev–Trinajstić information content (AvgIpc) is 2.84. The lowest BCUT2D eigenvalue weighted by atomic mass is 9.92. The molecule has 2 aliphatic rings. The van der Waals surface area contributed by atoms with Crippen LogP contribution in [0.2, 0.25) is 0 Å². The van der Waals surface area contributed by atoms with Crippen molar-refractivity contribution in [2.75, 3.05) is 20.3 Å². The zero-order valence-corrected chi connectivity index (χ0v) is 12.8. The summed E-state index contributed by atoms with van der Waals surface area (Å²) >= 11 is 0. The fourth-order valence-electron chi connectivity index (χ4n) is 2.34. The molecule has 2 fully saturated rings. The van der Waals surface area contributed by atoms with Gasteiger partial charge in [0, 0.05) is 12.8 Å². The minimum atomic E-state index is -0.404. The number of hydrogen-bond donors (Lipinski definition) is 0. The first-order chi connectivity index (χ1) is 9.32. The van der Waals surface area contributed by atoms with Gasteiger partial charge in [-0.25, -0.2) is 0 Å². The van der Waals surface area contributed by atoms with Crippen LogP contribution in [0.5, 0.6) is 0 Å². The van der Waals surface area contributed by atoms with Gasteiger partial charge in [-0.3, -0.25) is 0 Å². The van der Waals surface area contributed by atoms with Gasteiger partial charge in [0.2, 0.25) is 5.28 Å². The highest BCUT2D eigenvalue weighted by atomic mass is 16.7. The molecule has 1 saturated heterocycles. The molecule has 0 atom stereocenters. The summed E-state index contributed by atoms with van der Waals surface area (Å²) in [6.07, 6.45) is 3.12. The minimum absolute atomic E-state index is 0.0433. The lowest BCUT2D eigenvalue weighted by Crippen LogP contribution is -2.43. The molecule has 1 spiro atoms. The standard InChI is InChI=1S/C13H25N3O4/c1-12(2,3)15(4)16(17)14-20-11-5-7-13(8-6-11)18-9-10-19-13/h11H,5-10H2,1-4H3/b16-14-. The van der Waals surface area contributed by atoms with E-state index in [0.717, 1.165) is 25.7 Å². The van der Waals surface area contributed by atoms with Gasteiger partial charge < -0.3 is 19.5 Å². The fourth-order valence-corrected chi connectivity index (χ4v) is 2.34. The summed E-state index contributed by atoms with van der Waals surface area (Å²) in [5, 5.41) is 16.9. The molecule has 0 radical (unpaired) electrons. The van der Waals surface area contributed by atoms with Crippen LogP contribution in [0.4, 0.5) is 0 Å². The zero-order chi connectivity index (χ0) is 14.8. The number of hydrazine groups is 1. The summed E-state index contributed by atoms with van der Waals surface area (Å²) in [5.41, 5.74) is -0.295. The van der Waals surface area contributed by atoms with Gasteiger partial charge in [0.05, 0.1) is 30.8 Å². The molecule has 1 aliphatic heterocycles. The van der Waals surface area contributed by atoms with Crippen molar-refractivity contribution in [1.29, 1.82) is 0 Å². The molecular weight excluding hydrogens is 262 g/mol. The first-order valence-corrected chi connectivity index (χ1v) is 7.18. The van der Waals surface area contributed by atoms with Crippen molar-refractivity contribution < 1.29 is 19.3 Å². The molecular formula is C13H25N3O4. The van der Waals surface area contributed by atoms with Gasteiger partial charge in [-0.05, 0) is 33.6 Å². The molecule has 7 heteroatoms. The van der Waals surface area contributed by atoms with Gasteiger partial charge in [-0.1, -0.05) is 0 Å². The van der Waals surface area contributed by atoms with Gasteiger partial charge in [-0.2, -0.15) is 0 Å². The fraction of sp³-hybridized carbons (Fsp3) is 1.00. The SMILES string of the molecule is CN(/[N+]([O-])=N/OC1CCC2(CC1)OCCO2)C(C)(C)C. The molecule has 1 saturated carbocycles. The van der Waals surface area contributed by atoms with Crippen LogP contribution in [-0.2, 0) is 14.3 Å². The maximum absolute atomic E-state index is 11.8. The highest BCUT2D eigenvalue weighted by molar-refractivity contribution is 4.82. The Morgan fingerprint density at radius 1 is 1.25 bits per heavy atom. The second kappa shape index (κ2) is 5.73. The Kier molecular flexibility index (Phi) is 4.39. The first kappa shape index (κ1) is 15.3. The summed E-state index contributed by atoms with van der Waals surface area (Å²) in [5.74, 6) is -0.404. The van der Waals surface area contributed by atoms with Gasteiger partial charge in [0.25, 0.3) is 0 Å². The lowest BCUT2D eigenvalue weighted by Gasteiger charge is -2.33. The molecule has 20 heavy (non-hydrogen) atoms. The minimum Gasteiger partial charge on any atom is -0.569 e. The molecule has 0 aromatic heterocycles. The third-order valence-electron chi connectivity index (χ3n) is 4.00. The number of nitrogens with zero attached hydrogens (tertiary/aromatic N) is 3. The highest BCUT2D eigenvalue weighted by Gasteiger charge is 2.41. The van der Waals surface area contributed by atoms with Gasteiger partial charge in [-0.15, -0.1) is 5.01 Å². The van der Waals surface area contributed by atoms with Crippen molar-refractivity contribution >= 4 is 0 Å². The van der Waals surface area contributed by atoms with E-state index in [1.54, 1.807) is 7.05 Å². The Bertz CT molecular complexity index is 351. The molecule has 0 unspecified atom stereocenters. The molecule has 0 amide bonds. The van der Waals surface area contributed by atoms with Crippen molar-refractivity contribution in [2.45, 2.75) is 63.9 Å². The van der Waals surface area contributed by atoms with E-state index in [-0.39, 0.29) is 11.6 Å². The maximum atomic E-state index is 11.8. The number of rotatable bonds is 3. The van der Waals surface area contributed by atoms with Gasteiger partial charge in [0.1, 0.15) is 6.10 Å². The van der Waals surface area contributed by atoms with Gasteiger partial charge >= 0.3 is 0 Å². The Balaban J connectivity index is 1.81. The highest BCUT2D eigenvalue weighted by Crippen LogP contribution is 2.36. The van der Waals surface area contributed by atoms with Crippen LogP contribution in [0.3, 0.4) is 0 Å². The summed E-state index contributed by atoms with van der Waals surface area (Å²) in [6, 6.07) is 0. The average molecular weight is 287 g/mol. The number of ether oxygens (including phenoxy) is 2. The molecule has 116 valence electrons. The zero-order valence-electron chi connectivity index (χ0n) is 12.8. The number of hydrogen-bond acceptors (Lipinski definition) is 5. The van der Waals surface area contributed by atoms with Crippen molar-refractivity contribution in [3.8, 4) is 0 Å². The van der Waals surface area contributed by atoms with Crippen molar-refractivity contribution in [2.24, 2.45) is 5.28 Å². The van der Waals surface area contributed by atoms with E-state index in [0.29, 0.717) is 18.2 Å². The second-order valence-electron chi connectivity index (χ2n) is 6.44. The smallest absolute Gasteiger partial charge is 0.233 e. The third-order valence-corrected chi connectivity index (χ3v) is 4.00. The van der Waals surface area contributed by atoms with Crippen LogP contribution in [0, 0.1) is 5.21 Å². The van der Waals surface area contributed by atoms with E-state index in [2.05, 4.69) is 5.28 Å². The summed E-state index contributed by atoms with van der Waals surface area (Å²) in [4.78, 5) is 5.86. The molecule has 1 aliphatic carbocycles. The van der Waals surface area contributed by atoms with E-state index in [1.165, 1.54) is 5.01 Å². The Labute approximate surface area is 120 Å². The molecule has 0 aromatic rings. The van der Waals surface area contributed by atoms with Crippen LogP contribution >= 0.6 is 0 Å². The Morgan fingerprint density at radius 2 is 1.80 bits per heavy atom. The lowest BCUT2D eigenvalue weighted by molar-refractivity contribution is -0.720.